The zero-order valence-electron chi connectivity index (χ0n) is 10.5. The Morgan fingerprint density at radius 1 is 1.17 bits per heavy atom. The molecule has 0 aromatic carbocycles. The van der Waals surface area contributed by atoms with Crippen molar-refractivity contribution in [3.63, 3.8) is 0 Å². The summed E-state index contributed by atoms with van der Waals surface area (Å²) in [5, 5.41) is 0. The van der Waals surface area contributed by atoms with Gasteiger partial charge in [0, 0.05) is 12.3 Å². The third-order valence-electron chi connectivity index (χ3n) is 5.07. The van der Waals surface area contributed by atoms with Gasteiger partial charge in [0.15, 0.2) is 5.60 Å². The first-order valence-corrected chi connectivity index (χ1v) is 6.86. The third-order valence-corrected chi connectivity index (χ3v) is 5.07. The van der Waals surface area contributed by atoms with Gasteiger partial charge in [0.2, 0.25) is 12.1 Å². The Kier molecular flexibility index (Phi) is 2.16. The fourth-order valence-corrected chi connectivity index (χ4v) is 4.11. The molecule has 1 spiro atoms. The minimum atomic E-state index is -0.768. The van der Waals surface area contributed by atoms with Crippen molar-refractivity contribution in [2.45, 2.75) is 63.1 Å². The van der Waals surface area contributed by atoms with Gasteiger partial charge in [0.25, 0.3) is 0 Å². The number of rotatable bonds is 0. The molecule has 4 aliphatic heterocycles. The van der Waals surface area contributed by atoms with Crippen LogP contribution in [0.3, 0.4) is 0 Å². The number of carbonyl (C=O) groups is 1. The number of carbonyl (C=O) groups excluding carboxylic acids is 1. The molecule has 0 aromatic heterocycles. The molecule has 0 aromatic rings. The monoisotopic (exact) mass is 254 g/mol. The van der Waals surface area contributed by atoms with Crippen molar-refractivity contribution in [3.8, 4) is 0 Å². The quantitative estimate of drug-likeness (QED) is 0.488. The van der Waals surface area contributed by atoms with Gasteiger partial charge in [-0.3, -0.25) is 4.79 Å². The Labute approximate surface area is 106 Å². The summed E-state index contributed by atoms with van der Waals surface area (Å²) in [6, 6.07) is 0. The topological polar surface area (TPSA) is 54.0 Å². The second-order valence-electron chi connectivity index (χ2n) is 6.16. The maximum atomic E-state index is 11.7. The normalized spacial score (nSPS) is 54.5. The number of ether oxygens (including phenoxy) is 2. The Morgan fingerprint density at radius 2 is 2.00 bits per heavy atom. The van der Waals surface area contributed by atoms with Gasteiger partial charge < -0.3 is 9.47 Å². The van der Waals surface area contributed by atoms with Gasteiger partial charge in [-0.25, -0.2) is 9.78 Å². The van der Waals surface area contributed by atoms with Gasteiger partial charge in [0.05, 0.1) is 6.42 Å². The summed E-state index contributed by atoms with van der Waals surface area (Å²) in [6.45, 7) is 1.86. The zero-order chi connectivity index (χ0) is 12.4. The summed E-state index contributed by atoms with van der Waals surface area (Å²) >= 11 is 0. The van der Waals surface area contributed by atoms with Gasteiger partial charge in [-0.05, 0) is 32.1 Å². The molecule has 4 saturated heterocycles. The van der Waals surface area contributed by atoms with Crippen molar-refractivity contribution in [2.75, 3.05) is 0 Å². The molecular formula is C13H18O5. The van der Waals surface area contributed by atoms with Crippen LogP contribution in [-0.2, 0) is 24.0 Å². The highest BCUT2D eigenvalue weighted by Crippen LogP contribution is 2.56. The number of hydrogen-bond acceptors (Lipinski definition) is 5. The minimum absolute atomic E-state index is 0.170. The van der Waals surface area contributed by atoms with E-state index in [1.54, 1.807) is 0 Å². The summed E-state index contributed by atoms with van der Waals surface area (Å²) < 4.78 is 11.3. The van der Waals surface area contributed by atoms with Crippen LogP contribution in [0.25, 0.3) is 0 Å². The molecule has 0 unspecified atom stereocenters. The smallest absolute Gasteiger partial charge is 0.308 e. The van der Waals surface area contributed by atoms with Crippen LogP contribution < -0.4 is 0 Å². The van der Waals surface area contributed by atoms with Crippen LogP contribution in [0, 0.1) is 11.8 Å². The molecule has 5 fully saturated rings. The second-order valence-corrected chi connectivity index (χ2v) is 6.16. The number of esters is 1. The maximum absolute atomic E-state index is 11.7. The van der Waals surface area contributed by atoms with Crippen molar-refractivity contribution >= 4 is 5.97 Å². The first-order chi connectivity index (χ1) is 8.62. The molecule has 5 nitrogen and oxygen atoms in total. The fraction of sp³-hybridized carbons (Fsp3) is 0.923. The molecule has 1 aliphatic carbocycles. The molecule has 5 atom stereocenters. The lowest BCUT2D eigenvalue weighted by molar-refractivity contribution is -0.555. The first-order valence-electron chi connectivity index (χ1n) is 6.86. The van der Waals surface area contributed by atoms with Crippen molar-refractivity contribution in [1.82, 2.24) is 0 Å². The van der Waals surface area contributed by atoms with Crippen LogP contribution in [0.4, 0.5) is 0 Å². The second kappa shape index (κ2) is 3.46. The fourth-order valence-electron chi connectivity index (χ4n) is 4.11. The molecule has 5 aliphatic rings. The van der Waals surface area contributed by atoms with Crippen LogP contribution in [0.15, 0.2) is 0 Å². The average Bonchev–Trinajstić information content (AvgIpc) is 2.55. The highest BCUT2D eigenvalue weighted by molar-refractivity contribution is 5.71. The Morgan fingerprint density at radius 3 is 2.89 bits per heavy atom. The maximum Gasteiger partial charge on any atom is 0.308 e. The lowest BCUT2D eigenvalue weighted by Crippen LogP contribution is -2.66. The van der Waals surface area contributed by atoms with Crippen LogP contribution in [0.2, 0.25) is 0 Å². The largest absolute Gasteiger partial charge is 0.432 e. The van der Waals surface area contributed by atoms with Gasteiger partial charge in [-0.15, -0.1) is 0 Å². The van der Waals surface area contributed by atoms with E-state index in [0.717, 1.165) is 32.1 Å². The predicted octanol–water partition coefficient (Wildman–Crippen LogP) is 1.90. The zero-order valence-corrected chi connectivity index (χ0v) is 10.5. The van der Waals surface area contributed by atoms with E-state index in [2.05, 4.69) is 0 Å². The van der Waals surface area contributed by atoms with Crippen molar-refractivity contribution < 1.29 is 24.0 Å². The molecule has 4 heterocycles. The number of fused-ring (bicyclic) bond motifs is 2. The highest BCUT2D eigenvalue weighted by atomic mass is 17.3. The summed E-state index contributed by atoms with van der Waals surface area (Å²) in [5.74, 6) is -0.394. The Hall–Kier alpha value is -0.650. The lowest BCUT2D eigenvalue weighted by atomic mass is 9.64. The van der Waals surface area contributed by atoms with E-state index >= 15 is 0 Å². The first kappa shape index (κ1) is 11.2. The standard InChI is InChI=1S/C13H18O5/c1-12-6-5-8-3-2-4-9-7-10(14)15-11(16-12)13(8,9)18-17-12/h8-9,11H,2-7H2,1H3/t8-,9+,11-,12-,13-/m0/s1. The van der Waals surface area contributed by atoms with E-state index in [9.17, 15) is 4.79 Å². The van der Waals surface area contributed by atoms with Gasteiger partial charge in [-0.2, -0.15) is 0 Å². The lowest BCUT2D eigenvalue weighted by Gasteiger charge is -2.54. The van der Waals surface area contributed by atoms with Crippen LogP contribution in [-0.4, -0.2) is 23.6 Å². The highest BCUT2D eigenvalue weighted by Gasteiger charge is 2.67. The molecular weight excluding hydrogens is 236 g/mol. The summed E-state index contributed by atoms with van der Waals surface area (Å²) in [4.78, 5) is 23.0. The van der Waals surface area contributed by atoms with Gasteiger partial charge in [0.1, 0.15) is 0 Å². The van der Waals surface area contributed by atoms with Crippen molar-refractivity contribution in [3.05, 3.63) is 0 Å². The summed E-state index contributed by atoms with van der Waals surface area (Å²) in [5.41, 5.74) is -0.553. The molecule has 1 saturated carbocycles. The molecule has 5 rings (SSSR count). The molecule has 0 amide bonds. The Bertz CT molecular complexity index is 397. The van der Waals surface area contributed by atoms with Gasteiger partial charge >= 0.3 is 5.97 Å². The van der Waals surface area contributed by atoms with Crippen molar-refractivity contribution in [2.24, 2.45) is 11.8 Å². The van der Waals surface area contributed by atoms with E-state index in [1.165, 1.54) is 0 Å². The van der Waals surface area contributed by atoms with E-state index in [1.807, 2.05) is 6.92 Å². The minimum Gasteiger partial charge on any atom is -0.432 e. The number of hydrogen-bond donors (Lipinski definition) is 0. The van der Waals surface area contributed by atoms with Crippen LogP contribution >= 0.6 is 0 Å². The molecule has 100 valence electrons. The predicted molar refractivity (Wildman–Crippen MR) is 59.0 cm³/mol. The van der Waals surface area contributed by atoms with Gasteiger partial charge in [-0.1, -0.05) is 6.42 Å². The van der Waals surface area contributed by atoms with Crippen LogP contribution in [0.5, 0.6) is 0 Å². The SMILES string of the molecule is C[C@]12CC[C@@H]3CCC[C@@H]4CC(=O)O[C@@H](O1)[C@]34OO2. The summed E-state index contributed by atoms with van der Waals surface area (Å²) in [6.07, 6.45) is 4.89. The van der Waals surface area contributed by atoms with E-state index in [0.29, 0.717) is 12.3 Å². The van der Waals surface area contributed by atoms with E-state index in [4.69, 9.17) is 19.2 Å². The Balaban J connectivity index is 1.80. The van der Waals surface area contributed by atoms with Crippen molar-refractivity contribution in [1.29, 1.82) is 0 Å². The third kappa shape index (κ3) is 1.30. The van der Waals surface area contributed by atoms with E-state index < -0.39 is 17.7 Å². The van der Waals surface area contributed by atoms with E-state index in [-0.39, 0.29) is 11.9 Å². The summed E-state index contributed by atoms with van der Waals surface area (Å²) in [7, 11) is 0. The van der Waals surface area contributed by atoms with Crippen LogP contribution in [0.1, 0.15) is 45.4 Å². The molecule has 2 bridgehead atoms. The average molecular weight is 254 g/mol. The molecule has 18 heavy (non-hydrogen) atoms. The molecule has 0 radical (unpaired) electrons. The molecule has 0 N–H and O–H groups in total. The molecule has 5 heteroatoms.